The molecule has 0 bridgehead atoms. The SMILES string of the molecule is COC(=O)c1coc(-c2nc([C@@H](NC(=O)[C@H](Cc3ccc4c(c3)C(C(C)C)C(=O)N4)NC(=O)OC(C)(C)C)C(C)(C)C)oc2Br)n1. The molecule has 3 N–H and O–H groups in total. The van der Waals surface area contributed by atoms with Gasteiger partial charge in [-0.2, -0.15) is 0 Å². The van der Waals surface area contributed by atoms with E-state index in [0.717, 1.165) is 23.1 Å². The number of carbonyl (C=O) groups excluding carboxylic acids is 4. The molecule has 3 aromatic rings. The number of methoxy groups -OCH3 is 1. The third-order valence-corrected chi connectivity index (χ3v) is 7.75. The van der Waals surface area contributed by atoms with E-state index >= 15 is 0 Å². The van der Waals surface area contributed by atoms with E-state index in [0.29, 0.717) is 0 Å². The highest BCUT2D eigenvalue weighted by Gasteiger charge is 2.37. The summed E-state index contributed by atoms with van der Waals surface area (Å²) in [6, 6.07) is 3.68. The third kappa shape index (κ3) is 7.95. The Morgan fingerprint density at radius 3 is 2.39 bits per heavy atom. The quantitative estimate of drug-likeness (QED) is 0.228. The first-order valence-corrected chi connectivity index (χ1v) is 15.6. The molecule has 13 nitrogen and oxygen atoms in total. The molecular formula is C32H40BrN5O8. The lowest BCUT2D eigenvalue weighted by Crippen LogP contribution is -2.51. The third-order valence-electron chi connectivity index (χ3n) is 7.21. The van der Waals surface area contributed by atoms with Crippen LogP contribution in [0.1, 0.15) is 94.9 Å². The highest BCUT2D eigenvalue weighted by atomic mass is 79.9. The topological polar surface area (TPSA) is 175 Å². The van der Waals surface area contributed by atoms with Crippen molar-refractivity contribution in [1.29, 1.82) is 0 Å². The molecule has 1 aromatic carbocycles. The van der Waals surface area contributed by atoms with Crippen molar-refractivity contribution in [2.24, 2.45) is 11.3 Å². The lowest BCUT2D eigenvalue weighted by molar-refractivity contribution is -0.125. The van der Waals surface area contributed by atoms with E-state index in [1.807, 2.05) is 52.8 Å². The number of anilines is 1. The number of fused-ring (bicyclic) bond motifs is 1. The predicted molar refractivity (Wildman–Crippen MR) is 171 cm³/mol. The Morgan fingerprint density at radius 1 is 1.09 bits per heavy atom. The van der Waals surface area contributed by atoms with Gasteiger partial charge in [-0.3, -0.25) is 9.59 Å². The molecule has 1 unspecified atom stereocenters. The van der Waals surface area contributed by atoms with Crippen molar-refractivity contribution in [2.75, 3.05) is 12.4 Å². The van der Waals surface area contributed by atoms with Crippen LogP contribution in [-0.4, -0.2) is 52.6 Å². The van der Waals surface area contributed by atoms with Crippen LogP contribution in [0.15, 0.2) is 38.0 Å². The molecule has 14 heteroatoms. The van der Waals surface area contributed by atoms with Gasteiger partial charge in [0.1, 0.15) is 23.9 Å². The van der Waals surface area contributed by atoms with Gasteiger partial charge in [-0.05, 0) is 65.2 Å². The first-order valence-electron chi connectivity index (χ1n) is 14.8. The Bertz CT molecular complexity index is 1630. The number of aromatic nitrogens is 2. The Kier molecular flexibility index (Phi) is 10.00. The average molecular weight is 703 g/mol. The highest BCUT2D eigenvalue weighted by molar-refractivity contribution is 9.10. The van der Waals surface area contributed by atoms with E-state index in [2.05, 4.69) is 46.6 Å². The summed E-state index contributed by atoms with van der Waals surface area (Å²) in [7, 11) is 1.23. The summed E-state index contributed by atoms with van der Waals surface area (Å²) in [6.07, 6.45) is 0.498. The molecule has 0 radical (unpaired) electrons. The van der Waals surface area contributed by atoms with Crippen LogP contribution in [0.4, 0.5) is 10.5 Å². The molecule has 1 aliphatic heterocycles. The molecule has 1 aliphatic rings. The second-order valence-electron chi connectivity index (χ2n) is 13.5. The second-order valence-corrected chi connectivity index (χ2v) is 14.3. The van der Waals surface area contributed by atoms with Gasteiger partial charge in [0.2, 0.25) is 22.4 Å². The number of oxazole rings is 2. The number of nitrogens with zero attached hydrogens (tertiary/aromatic N) is 2. The molecule has 0 saturated heterocycles. The molecule has 0 spiro atoms. The number of halogens is 1. The Hall–Kier alpha value is -4.20. The monoisotopic (exact) mass is 701 g/mol. The molecule has 3 heterocycles. The molecule has 4 rings (SSSR count). The minimum Gasteiger partial charge on any atom is -0.464 e. The smallest absolute Gasteiger partial charge is 0.408 e. The number of benzene rings is 1. The largest absolute Gasteiger partial charge is 0.464 e. The fourth-order valence-electron chi connectivity index (χ4n) is 5.06. The zero-order valence-corrected chi connectivity index (χ0v) is 29.0. The van der Waals surface area contributed by atoms with E-state index < -0.39 is 41.1 Å². The Morgan fingerprint density at radius 2 is 1.78 bits per heavy atom. The number of esters is 1. The van der Waals surface area contributed by atoms with Crippen molar-refractivity contribution < 1.29 is 37.5 Å². The van der Waals surface area contributed by atoms with E-state index in [1.165, 1.54) is 7.11 Å². The van der Waals surface area contributed by atoms with Crippen molar-refractivity contribution in [2.45, 2.75) is 85.4 Å². The van der Waals surface area contributed by atoms with Gasteiger partial charge in [0, 0.05) is 12.1 Å². The Balaban J connectivity index is 1.64. The summed E-state index contributed by atoms with van der Waals surface area (Å²) in [5, 5.41) is 8.63. The molecule has 2 aromatic heterocycles. The number of rotatable bonds is 9. The summed E-state index contributed by atoms with van der Waals surface area (Å²) >= 11 is 3.34. The molecule has 3 amide bonds. The maximum absolute atomic E-state index is 14.0. The predicted octanol–water partition coefficient (Wildman–Crippen LogP) is 5.91. The van der Waals surface area contributed by atoms with Gasteiger partial charge >= 0.3 is 12.1 Å². The van der Waals surface area contributed by atoms with Gasteiger partial charge in [0.05, 0.1) is 13.0 Å². The van der Waals surface area contributed by atoms with E-state index in [-0.39, 0.29) is 52.0 Å². The summed E-state index contributed by atoms with van der Waals surface area (Å²) in [4.78, 5) is 60.0. The minimum absolute atomic E-state index is 0.00927. The molecule has 248 valence electrons. The minimum atomic E-state index is -1.06. The Labute approximate surface area is 275 Å². The second kappa shape index (κ2) is 13.3. The molecule has 3 atom stereocenters. The van der Waals surface area contributed by atoms with E-state index in [1.54, 1.807) is 20.8 Å². The number of ether oxygens (including phenoxy) is 2. The number of amides is 3. The van der Waals surface area contributed by atoms with Crippen LogP contribution in [0.25, 0.3) is 11.6 Å². The fourth-order valence-corrected chi connectivity index (χ4v) is 5.49. The standard InChI is InChI=1S/C32H40BrN5O8/c1-15(2)21-17-12-16(10-11-18(17)34-26(21)40)13-19(36-30(42)46-32(6,7)8)25(39)38-23(31(3,4)5)28-37-22(24(33)45-28)27-35-20(14-44-27)29(41)43-9/h10-12,14-15,19,21,23H,13H2,1-9H3,(H,34,40)(H,36,42)(H,38,39)/t19-,21?,23+/m0/s1. The molecular weight excluding hydrogens is 662 g/mol. The van der Waals surface area contributed by atoms with Gasteiger partial charge in [-0.25, -0.2) is 19.6 Å². The van der Waals surface area contributed by atoms with Crippen molar-refractivity contribution in [3.63, 3.8) is 0 Å². The number of hydrogen-bond donors (Lipinski definition) is 3. The van der Waals surface area contributed by atoms with E-state index in [9.17, 15) is 19.2 Å². The number of nitrogens with one attached hydrogen (secondary N) is 3. The fraction of sp³-hybridized carbons (Fsp3) is 0.500. The van der Waals surface area contributed by atoms with Gasteiger partial charge in [0.15, 0.2) is 11.4 Å². The number of alkyl carbamates (subject to hydrolysis) is 1. The van der Waals surface area contributed by atoms with Crippen LogP contribution in [0.5, 0.6) is 0 Å². The zero-order chi connectivity index (χ0) is 34.1. The lowest BCUT2D eigenvalue weighted by Gasteiger charge is -2.31. The van der Waals surface area contributed by atoms with E-state index in [4.69, 9.17) is 13.6 Å². The van der Waals surface area contributed by atoms with Gasteiger partial charge in [0.25, 0.3) is 5.89 Å². The summed E-state index contributed by atoms with van der Waals surface area (Å²) in [6.45, 7) is 14.8. The number of hydrogen-bond acceptors (Lipinski definition) is 10. The number of carbonyl (C=O) groups is 4. The highest BCUT2D eigenvalue weighted by Crippen LogP contribution is 2.39. The van der Waals surface area contributed by atoms with Crippen LogP contribution in [-0.2, 0) is 25.5 Å². The zero-order valence-electron chi connectivity index (χ0n) is 27.4. The molecule has 46 heavy (non-hydrogen) atoms. The first-order chi connectivity index (χ1) is 21.4. The summed E-state index contributed by atoms with van der Waals surface area (Å²) in [5.41, 5.74) is 1.05. The average Bonchev–Trinajstić information content (AvgIpc) is 3.65. The van der Waals surface area contributed by atoms with Gasteiger partial charge < -0.3 is 34.3 Å². The summed E-state index contributed by atoms with van der Waals surface area (Å²) in [5.74, 6) is -1.37. The van der Waals surface area contributed by atoms with Crippen LogP contribution < -0.4 is 16.0 Å². The maximum Gasteiger partial charge on any atom is 0.408 e. The molecule has 0 saturated carbocycles. The molecule has 0 aliphatic carbocycles. The van der Waals surface area contributed by atoms with Crippen LogP contribution in [0.2, 0.25) is 0 Å². The van der Waals surface area contributed by atoms with Crippen molar-refractivity contribution >= 4 is 45.5 Å². The van der Waals surface area contributed by atoms with Crippen molar-refractivity contribution in [3.8, 4) is 11.6 Å². The van der Waals surface area contributed by atoms with Crippen molar-refractivity contribution in [3.05, 3.63) is 51.8 Å². The normalized spacial score (nSPS) is 16.0. The van der Waals surface area contributed by atoms with Crippen molar-refractivity contribution in [1.82, 2.24) is 20.6 Å². The van der Waals surface area contributed by atoms with Gasteiger partial charge in [-0.15, -0.1) is 0 Å². The lowest BCUT2D eigenvalue weighted by atomic mass is 9.86. The van der Waals surface area contributed by atoms with Gasteiger partial charge in [-0.1, -0.05) is 46.8 Å². The van der Waals surface area contributed by atoms with Crippen LogP contribution >= 0.6 is 15.9 Å². The first kappa shape index (κ1) is 34.7. The van der Waals surface area contributed by atoms with Crippen LogP contribution in [0, 0.1) is 11.3 Å². The maximum atomic E-state index is 14.0. The summed E-state index contributed by atoms with van der Waals surface area (Å²) < 4.78 is 21.7. The van der Waals surface area contributed by atoms with Crippen LogP contribution in [0.3, 0.4) is 0 Å². The molecule has 0 fully saturated rings.